The third-order valence-corrected chi connectivity index (χ3v) is 8.00. The van der Waals surface area contributed by atoms with Crippen LogP contribution in [0.1, 0.15) is 30.9 Å². The van der Waals surface area contributed by atoms with E-state index in [0.717, 1.165) is 24.2 Å². The largest absolute Gasteiger partial charge is 0.497 e. The van der Waals surface area contributed by atoms with Crippen LogP contribution in [0.25, 0.3) is 5.57 Å². The Morgan fingerprint density at radius 1 is 1.17 bits per heavy atom. The van der Waals surface area contributed by atoms with Crippen LogP contribution < -0.4 is 10.1 Å². The Hall–Kier alpha value is -3.03. The van der Waals surface area contributed by atoms with Crippen molar-refractivity contribution in [2.75, 3.05) is 38.7 Å². The molecule has 1 saturated heterocycles. The molecule has 0 radical (unpaired) electrons. The highest BCUT2D eigenvalue weighted by Crippen LogP contribution is 2.54. The molecule has 2 aromatic rings. The molecular formula is C27H30ClN3O4. The highest BCUT2D eigenvalue weighted by Gasteiger charge is 2.50. The van der Waals surface area contributed by atoms with Gasteiger partial charge in [0.05, 0.1) is 19.8 Å². The Balaban J connectivity index is 1.43. The molecule has 184 valence electrons. The van der Waals surface area contributed by atoms with Crippen LogP contribution in [-0.2, 0) is 11.2 Å². The number of fused-ring (bicyclic) bond motifs is 3. The van der Waals surface area contributed by atoms with Crippen molar-refractivity contribution >= 4 is 34.8 Å². The molecule has 0 unspecified atom stereocenters. The number of aliphatic hydroxyl groups excluding tert-OH is 1. The topological polar surface area (TPSA) is 82.1 Å². The number of anilines is 1. The molecule has 1 fully saturated rings. The first-order valence-corrected chi connectivity index (χ1v) is 12.3. The van der Waals surface area contributed by atoms with E-state index in [0.29, 0.717) is 36.8 Å². The van der Waals surface area contributed by atoms with Crippen LogP contribution >= 0.6 is 11.6 Å². The van der Waals surface area contributed by atoms with Crippen LogP contribution in [0.2, 0.25) is 5.02 Å². The van der Waals surface area contributed by atoms with Gasteiger partial charge in [-0.05, 0) is 77.9 Å². The summed E-state index contributed by atoms with van der Waals surface area (Å²) < 4.78 is 5.45. The number of aliphatic hydroxyl groups is 1. The summed E-state index contributed by atoms with van der Waals surface area (Å²) in [5.41, 5.74) is 5.17. The second-order valence-electron chi connectivity index (χ2n) is 9.65. The number of carbonyl (C=O) groups excluding carboxylic acids is 2. The van der Waals surface area contributed by atoms with Gasteiger partial charge in [0.1, 0.15) is 5.75 Å². The summed E-state index contributed by atoms with van der Waals surface area (Å²) in [7, 11) is 1.66. The van der Waals surface area contributed by atoms with E-state index < -0.39 is 0 Å². The van der Waals surface area contributed by atoms with Gasteiger partial charge in [0.15, 0.2) is 0 Å². The number of urea groups is 1. The van der Waals surface area contributed by atoms with E-state index in [1.807, 2.05) is 15.9 Å². The number of likely N-dealkylation sites (tertiary alicyclic amines) is 1. The van der Waals surface area contributed by atoms with Crippen molar-refractivity contribution in [2.45, 2.75) is 32.2 Å². The van der Waals surface area contributed by atoms with E-state index in [4.69, 9.17) is 16.3 Å². The first-order chi connectivity index (χ1) is 16.8. The Bertz CT molecular complexity index is 1190. The van der Waals surface area contributed by atoms with Gasteiger partial charge in [-0.1, -0.05) is 17.7 Å². The second-order valence-corrected chi connectivity index (χ2v) is 10.1. The minimum atomic E-state index is -0.322. The number of nitrogens with one attached hydrogen (secondary N) is 1. The van der Waals surface area contributed by atoms with Gasteiger partial charge in [0, 0.05) is 42.7 Å². The van der Waals surface area contributed by atoms with Crippen LogP contribution in [-0.4, -0.2) is 66.2 Å². The zero-order chi connectivity index (χ0) is 24.7. The minimum Gasteiger partial charge on any atom is -0.497 e. The third kappa shape index (κ3) is 4.17. The molecule has 2 N–H and O–H groups in total. The summed E-state index contributed by atoms with van der Waals surface area (Å²) >= 11 is 5.95. The van der Waals surface area contributed by atoms with Crippen molar-refractivity contribution in [3.63, 3.8) is 0 Å². The molecule has 7 nitrogen and oxygen atoms in total. The maximum atomic E-state index is 12.9. The average Bonchev–Trinajstić information content (AvgIpc) is 3.25. The van der Waals surface area contributed by atoms with Crippen LogP contribution in [0.5, 0.6) is 5.75 Å². The number of hydrogen-bond acceptors (Lipinski definition) is 4. The number of hydrogen-bond donors (Lipinski definition) is 2. The fourth-order valence-electron chi connectivity index (χ4n) is 5.99. The number of ether oxygens (including phenoxy) is 1. The fraction of sp³-hybridized carbons (Fsp3) is 0.407. The van der Waals surface area contributed by atoms with E-state index in [1.54, 1.807) is 38.3 Å². The van der Waals surface area contributed by atoms with Gasteiger partial charge in [0.2, 0.25) is 5.91 Å². The molecule has 0 aromatic heterocycles. The van der Waals surface area contributed by atoms with Crippen molar-refractivity contribution in [1.29, 1.82) is 0 Å². The number of methoxy groups -OCH3 is 1. The number of benzene rings is 2. The van der Waals surface area contributed by atoms with Gasteiger partial charge >= 0.3 is 6.03 Å². The van der Waals surface area contributed by atoms with Gasteiger partial charge < -0.3 is 25.0 Å². The summed E-state index contributed by atoms with van der Waals surface area (Å²) in [5.74, 6) is 0.765. The van der Waals surface area contributed by atoms with Crippen molar-refractivity contribution in [3.8, 4) is 5.75 Å². The standard InChI is InChI=1S/C27H30ClN3O4/c1-17(33)31-16-27(9-11-30(12-10-27)26(34)29-20-5-3-19(28)4-6-20)25-22-8-7-21(35-2)13-18(22)14-23(25)24(31)15-32/h3-8,13,24,32H,9-12,14-16H2,1-2H3,(H,29,34)/t24-/m0/s1. The summed E-state index contributed by atoms with van der Waals surface area (Å²) in [6.07, 6.45) is 2.18. The van der Waals surface area contributed by atoms with Crippen molar-refractivity contribution in [1.82, 2.24) is 9.80 Å². The molecule has 2 aliphatic heterocycles. The van der Waals surface area contributed by atoms with Gasteiger partial charge in [-0.15, -0.1) is 0 Å². The maximum Gasteiger partial charge on any atom is 0.321 e. The first-order valence-electron chi connectivity index (χ1n) is 12.0. The molecule has 5 rings (SSSR count). The Kier molecular flexibility index (Phi) is 6.23. The molecule has 3 amide bonds. The number of piperidine rings is 1. The normalized spacial score (nSPS) is 20.5. The van der Waals surface area contributed by atoms with Gasteiger partial charge in [-0.3, -0.25) is 4.79 Å². The van der Waals surface area contributed by atoms with Crippen LogP contribution in [0.3, 0.4) is 0 Å². The number of rotatable bonds is 3. The molecule has 1 spiro atoms. The number of amides is 3. The third-order valence-electron chi connectivity index (χ3n) is 7.75. The molecule has 3 aliphatic rings. The summed E-state index contributed by atoms with van der Waals surface area (Å²) in [4.78, 5) is 29.3. The SMILES string of the molecule is COc1ccc2c(c1)CC1=C2C2(CCN(C(=O)Nc3ccc(Cl)cc3)CC2)CN(C(C)=O)[C@H]1CO. The quantitative estimate of drug-likeness (QED) is 0.668. The molecule has 35 heavy (non-hydrogen) atoms. The van der Waals surface area contributed by atoms with Crippen molar-refractivity contribution in [3.05, 3.63) is 64.2 Å². The molecule has 1 atom stereocenters. The zero-order valence-electron chi connectivity index (χ0n) is 20.0. The molecule has 0 bridgehead atoms. The van der Waals surface area contributed by atoms with Crippen LogP contribution in [0.15, 0.2) is 48.0 Å². The van der Waals surface area contributed by atoms with E-state index in [2.05, 4.69) is 17.4 Å². The Morgan fingerprint density at radius 3 is 2.51 bits per heavy atom. The summed E-state index contributed by atoms with van der Waals surface area (Å²) in [6.45, 7) is 3.18. The molecule has 0 saturated carbocycles. The highest BCUT2D eigenvalue weighted by atomic mass is 35.5. The predicted octanol–water partition coefficient (Wildman–Crippen LogP) is 4.20. The van der Waals surface area contributed by atoms with Gasteiger partial charge in [-0.2, -0.15) is 0 Å². The van der Waals surface area contributed by atoms with Gasteiger partial charge in [0.25, 0.3) is 0 Å². The van der Waals surface area contributed by atoms with Crippen molar-refractivity contribution < 1.29 is 19.4 Å². The lowest BCUT2D eigenvalue weighted by Crippen LogP contribution is -2.56. The monoisotopic (exact) mass is 495 g/mol. The minimum absolute atomic E-state index is 0.0357. The van der Waals surface area contributed by atoms with E-state index in [1.165, 1.54) is 16.7 Å². The molecule has 1 aliphatic carbocycles. The molecular weight excluding hydrogens is 466 g/mol. The molecule has 8 heteroatoms. The first kappa shape index (κ1) is 23.7. The van der Waals surface area contributed by atoms with E-state index >= 15 is 0 Å². The molecule has 2 heterocycles. The lowest BCUT2D eigenvalue weighted by molar-refractivity contribution is -0.133. The lowest BCUT2D eigenvalue weighted by atomic mass is 9.66. The lowest BCUT2D eigenvalue weighted by Gasteiger charge is -2.51. The number of nitrogens with zero attached hydrogens (tertiary/aromatic N) is 2. The van der Waals surface area contributed by atoms with E-state index in [-0.39, 0.29) is 30.0 Å². The van der Waals surface area contributed by atoms with E-state index in [9.17, 15) is 14.7 Å². The Labute approximate surface area is 210 Å². The van der Waals surface area contributed by atoms with Crippen molar-refractivity contribution in [2.24, 2.45) is 5.41 Å². The highest BCUT2D eigenvalue weighted by molar-refractivity contribution is 6.30. The maximum absolute atomic E-state index is 12.9. The average molecular weight is 496 g/mol. The van der Waals surface area contributed by atoms with Crippen LogP contribution in [0, 0.1) is 5.41 Å². The Morgan fingerprint density at radius 2 is 1.89 bits per heavy atom. The van der Waals surface area contributed by atoms with Gasteiger partial charge in [-0.25, -0.2) is 4.79 Å². The predicted molar refractivity (Wildman–Crippen MR) is 136 cm³/mol. The number of halogens is 1. The second kappa shape index (κ2) is 9.21. The molecule has 2 aromatic carbocycles. The smallest absolute Gasteiger partial charge is 0.321 e. The summed E-state index contributed by atoms with van der Waals surface area (Å²) in [5, 5.41) is 13.8. The summed E-state index contributed by atoms with van der Waals surface area (Å²) in [6, 6.07) is 12.7. The fourth-order valence-corrected chi connectivity index (χ4v) is 6.12. The van der Waals surface area contributed by atoms with Crippen LogP contribution in [0.4, 0.5) is 10.5 Å². The number of carbonyl (C=O) groups is 2. The zero-order valence-corrected chi connectivity index (χ0v) is 20.8.